The van der Waals surface area contributed by atoms with Crippen LogP contribution in [-0.4, -0.2) is 23.6 Å². The summed E-state index contributed by atoms with van der Waals surface area (Å²) in [4.78, 5) is 11.9. The van der Waals surface area contributed by atoms with Crippen LogP contribution in [-0.2, 0) is 19.0 Å². The van der Waals surface area contributed by atoms with Gasteiger partial charge in [-0.2, -0.15) is 0 Å². The van der Waals surface area contributed by atoms with Gasteiger partial charge in [0.2, 0.25) is 6.29 Å². The van der Waals surface area contributed by atoms with Crippen LogP contribution in [0, 0.1) is 23.7 Å². The number of fused-ring (bicyclic) bond motifs is 1. The van der Waals surface area contributed by atoms with Crippen LogP contribution in [0.15, 0.2) is 0 Å². The number of hydrogen-bond donors (Lipinski definition) is 0. The third kappa shape index (κ3) is 1.84. The van der Waals surface area contributed by atoms with E-state index in [-0.39, 0.29) is 17.5 Å². The van der Waals surface area contributed by atoms with E-state index in [4.69, 9.17) is 14.2 Å². The number of hydrogen-bond acceptors (Lipinski definition) is 4. The summed E-state index contributed by atoms with van der Waals surface area (Å²) in [6, 6.07) is 0. The molecule has 1 aliphatic carbocycles. The summed E-state index contributed by atoms with van der Waals surface area (Å²) in [6.07, 6.45) is 5.23. The molecule has 3 heterocycles. The van der Waals surface area contributed by atoms with Gasteiger partial charge in [-0.25, -0.2) is 0 Å². The van der Waals surface area contributed by atoms with Gasteiger partial charge in [0.15, 0.2) is 5.79 Å². The molecular formula is C17H26O4. The van der Waals surface area contributed by atoms with Crippen molar-refractivity contribution in [1.29, 1.82) is 0 Å². The molecular weight excluding hydrogens is 268 g/mol. The molecule has 2 bridgehead atoms. The maximum Gasteiger partial charge on any atom is 0.308 e. The van der Waals surface area contributed by atoms with Crippen molar-refractivity contribution >= 4 is 5.97 Å². The van der Waals surface area contributed by atoms with E-state index in [1.807, 2.05) is 0 Å². The van der Waals surface area contributed by atoms with Gasteiger partial charge in [0.25, 0.3) is 0 Å². The van der Waals surface area contributed by atoms with Crippen molar-refractivity contribution in [3.63, 3.8) is 0 Å². The van der Waals surface area contributed by atoms with Crippen molar-refractivity contribution in [3.05, 3.63) is 0 Å². The quantitative estimate of drug-likeness (QED) is 0.733. The lowest BCUT2D eigenvalue weighted by Gasteiger charge is -2.54. The summed E-state index contributed by atoms with van der Waals surface area (Å²) in [6.45, 7) is 6.71. The van der Waals surface area contributed by atoms with Gasteiger partial charge in [0.1, 0.15) is 5.60 Å². The summed E-state index contributed by atoms with van der Waals surface area (Å²) in [5.74, 6) is 1.25. The van der Waals surface area contributed by atoms with E-state index in [9.17, 15) is 4.79 Å². The Hall–Kier alpha value is -0.610. The van der Waals surface area contributed by atoms with Crippen molar-refractivity contribution < 1.29 is 19.0 Å². The van der Waals surface area contributed by atoms with Gasteiger partial charge >= 0.3 is 5.97 Å². The lowest BCUT2D eigenvalue weighted by molar-refractivity contribution is -0.264. The minimum Gasteiger partial charge on any atom is -0.432 e. The van der Waals surface area contributed by atoms with E-state index < -0.39 is 12.1 Å². The summed E-state index contributed by atoms with van der Waals surface area (Å²) >= 11 is 0. The third-order valence-electron chi connectivity index (χ3n) is 6.13. The zero-order valence-corrected chi connectivity index (χ0v) is 13.3. The summed E-state index contributed by atoms with van der Waals surface area (Å²) < 4.78 is 18.6. The first-order valence-corrected chi connectivity index (χ1v) is 8.53. The van der Waals surface area contributed by atoms with Crippen LogP contribution in [0.4, 0.5) is 0 Å². The van der Waals surface area contributed by atoms with Crippen molar-refractivity contribution in [1.82, 2.24) is 0 Å². The van der Waals surface area contributed by atoms with Crippen LogP contribution in [0.2, 0.25) is 0 Å². The zero-order valence-electron chi connectivity index (χ0n) is 13.3. The molecule has 4 aliphatic rings. The van der Waals surface area contributed by atoms with Crippen molar-refractivity contribution in [3.8, 4) is 0 Å². The fourth-order valence-electron chi connectivity index (χ4n) is 5.40. The molecule has 0 radical (unpaired) electrons. The predicted molar refractivity (Wildman–Crippen MR) is 76.2 cm³/mol. The van der Waals surface area contributed by atoms with E-state index in [1.54, 1.807) is 0 Å². The van der Waals surface area contributed by atoms with Crippen LogP contribution >= 0.6 is 0 Å². The average molecular weight is 294 g/mol. The largest absolute Gasteiger partial charge is 0.432 e. The molecule has 0 aromatic rings. The van der Waals surface area contributed by atoms with E-state index in [1.165, 1.54) is 6.42 Å². The summed E-state index contributed by atoms with van der Waals surface area (Å²) in [5, 5.41) is 0. The Morgan fingerprint density at radius 1 is 1.29 bits per heavy atom. The highest BCUT2D eigenvalue weighted by molar-refractivity contribution is 5.71. The molecule has 118 valence electrons. The van der Waals surface area contributed by atoms with E-state index in [0.717, 1.165) is 25.7 Å². The van der Waals surface area contributed by atoms with Gasteiger partial charge in [-0.3, -0.25) is 4.79 Å². The molecule has 0 unspecified atom stereocenters. The maximum atomic E-state index is 11.9. The standard InChI is InChI=1S/C17H26O4/c1-10(2)9-16-7-6-13-11(3)4-5-12-8-14(18)19-15(20-16)17(12,13)21-16/h10-13,15H,4-9H2,1-3H3/t11-,12+,13+,15-,16+,17+/m1/s1. The van der Waals surface area contributed by atoms with Gasteiger partial charge in [-0.05, 0) is 37.0 Å². The molecule has 0 amide bonds. The molecule has 1 spiro atoms. The minimum absolute atomic E-state index is 0.111. The van der Waals surface area contributed by atoms with E-state index in [2.05, 4.69) is 20.8 Å². The second-order valence-corrected chi connectivity index (χ2v) is 8.00. The Balaban J connectivity index is 1.74. The number of rotatable bonds is 2. The highest BCUT2D eigenvalue weighted by Gasteiger charge is 2.71. The minimum atomic E-state index is -0.519. The zero-order chi connectivity index (χ0) is 14.8. The monoisotopic (exact) mass is 294 g/mol. The molecule has 4 heteroatoms. The first-order chi connectivity index (χ1) is 9.95. The van der Waals surface area contributed by atoms with Crippen molar-refractivity contribution in [2.24, 2.45) is 23.7 Å². The number of carbonyl (C=O) groups is 1. The summed E-state index contributed by atoms with van der Waals surface area (Å²) in [7, 11) is 0. The molecule has 0 aromatic carbocycles. The molecule has 3 saturated heterocycles. The molecule has 4 nitrogen and oxygen atoms in total. The second-order valence-electron chi connectivity index (χ2n) is 8.00. The second kappa shape index (κ2) is 4.45. The molecule has 1 saturated carbocycles. The SMILES string of the molecule is CC(C)C[C@@]12CC[C@H]3[C@H](C)CC[C@H]4CC(=O)O[C@H](O1)[C@]43O2. The average Bonchev–Trinajstić information content (AvgIpc) is 2.62. The normalized spacial score (nSPS) is 51.7. The third-order valence-corrected chi connectivity index (χ3v) is 6.13. The number of esters is 1. The van der Waals surface area contributed by atoms with Crippen molar-refractivity contribution in [2.45, 2.75) is 77.0 Å². The Bertz CT molecular complexity index is 462. The van der Waals surface area contributed by atoms with Gasteiger partial charge in [-0.15, -0.1) is 0 Å². The Morgan fingerprint density at radius 3 is 2.86 bits per heavy atom. The van der Waals surface area contributed by atoms with Gasteiger partial charge in [0, 0.05) is 18.8 Å². The first kappa shape index (κ1) is 14.0. The Morgan fingerprint density at radius 2 is 2.10 bits per heavy atom. The smallest absolute Gasteiger partial charge is 0.308 e. The van der Waals surface area contributed by atoms with Crippen LogP contribution in [0.1, 0.15) is 59.3 Å². The fourth-order valence-corrected chi connectivity index (χ4v) is 5.40. The number of ether oxygens (including phenoxy) is 3. The predicted octanol–water partition coefficient (Wildman–Crippen LogP) is 3.24. The molecule has 21 heavy (non-hydrogen) atoms. The van der Waals surface area contributed by atoms with Crippen LogP contribution in [0.5, 0.6) is 0 Å². The number of carbonyl (C=O) groups excluding carboxylic acids is 1. The summed E-state index contributed by atoms with van der Waals surface area (Å²) in [5.41, 5.74) is -0.362. The van der Waals surface area contributed by atoms with Gasteiger partial charge in [0.05, 0.1) is 6.42 Å². The first-order valence-electron chi connectivity index (χ1n) is 8.53. The van der Waals surface area contributed by atoms with E-state index >= 15 is 0 Å². The molecule has 0 aromatic heterocycles. The van der Waals surface area contributed by atoms with Crippen LogP contribution < -0.4 is 0 Å². The lowest BCUT2D eigenvalue weighted by atomic mass is 9.59. The molecule has 4 rings (SSSR count). The molecule has 0 N–H and O–H groups in total. The van der Waals surface area contributed by atoms with Gasteiger partial charge < -0.3 is 14.2 Å². The Kier molecular flexibility index (Phi) is 2.97. The molecule has 6 atom stereocenters. The molecule has 4 fully saturated rings. The lowest BCUT2D eigenvalue weighted by Crippen LogP contribution is -2.63. The Labute approximate surface area is 126 Å². The van der Waals surface area contributed by atoms with Gasteiger partial charge in [-0.1, -0.05) is 20.8 Å². The van der Waals surface area contributed by atoms with Crippen molar-refractivity contribution in [2.75, 3.05) is 0 Å². The highest BCUT2D eigenvalue weighted by Crippen LogP contribution is 2.62. The van der Waals surface area contributed by atoms with E-state index in [0.29, 0.717) is 24.2 Å². The van der Waals surface area contributed by atoms with Crippen LogP contribution in [0.25, 0.3) is 0 Å². The topological polar surface area (TPSA) is 44.8 Å². The van der Waals surface area contributed by atoms with Crippen LogP contribution in [0.3, 0.4) is 0 Å². The molecule has 3 aliphatic heterocycles. The maximum absolute atomic E-state index is 11.9. The fraction of sp³-hybridized carbons (Fsp3) is 0.941. The highest BCUT2D eigenvalue weighted by atomic mass is 16.8.